The van der Waals surface area contributed by atoms with E-state index >= 15 is 0 Å². The Balaban J connectivity index is 1.95. The molecule has 0 aromatic carbocycles. The monoisotopic (exact) mass is 255 g/mol. The van der Waals surface area contributed by atoms with Gasteiger partial charge in [0.05, 0.1) is 6.61 Å². The smallest absolute Gasteiger partial charge is 0.233 e. The summed E-state index contributed by atoms with van der Waals surface area (Å²) in [6.07, 6.45) is 4.19. The van der Waals surface area contributed by atoms with Gasteiger partial charge in [0.25, 0.3) is 0 Å². The summed E-state index contributed by atoms with van der Waals surface area (Å²) < 4.78 is 5.27. The first-order chi connectivity index (χ1) is 8.69. The van der Waals surface area contributed by atoms with Crippen LogP contribution in [-0.4, -0.2) is 36.7 Å². The van der Waals surface area contributed by atoms with Crippen molar-refractivity contribution in [2.75, 3.05) is 19.8 Å². The van der Waals surface area contributed by atoms with Crippen LogP contribution in [0.5, 0.6) is 0 Å². The summed E-state index contributed by atoms with van der Waals surface area (Å²) in [5, 5.41) is 14.8. The van der Waals surface area contributed by atoms with E-state index in [0.717, 1.165) is 25.9 Å². The van der Waals surface area contributed by atoms with E-state index in [1.807, 2.05) is 0 Å². The first-order valence-corrected chi connectivity index (χ1v) is 6.53. The second-order valence-electron chi connectivity index (χ2n) is 5.21. The van der Waals surface area contributed by atoms with Crippen molar-refractivity contribution in [3.8, 4) is 0 Å². The fourth-order valence-corrected chi connectivity index (χ4v) is 2.82. The number of nitrogens with two attached hydrogens (primary N) is 1. The summed E-state index contributed by atoms with van der Waals surface area (Å²) in [6.45, 7) is 2.09. The van der Waals surface area contributed by atoms with Crippen LogP contribution < -0.4 is 11.1 Å². The Labute approximate surface area is 107 Å². The lowest BCUT2D eigenvalue weighted by atomic mass is 9.83. The van der Waals surface area contributed by atoms with Crippen LogP contribution in [0.15, 0.2) is 5.16 Å². The minimum atomic E-state index is -0.797. The Bertz CT molecular complexity index is 331. The van der Waals surface area contributed by atoms with Gasteiger partial charge >= 0.3 is 0 Å². The molecular weight excluding hydrogens is 234 g/mol. The van der Waals surface area contributed by atoms with Gasteiger partial charge in [-0.1, -0.05) is 18.0 Å². The number of carbonyl (C=O) groups excluding carboxylic acids is 1. The molecule has 0 spiro atoms. The molecule has 1 unspecified atom stereocenters. The van der Waals surface area contributed by atoms with E-state index < -0.39 is 5.41 Å². The fraction of sp³-hybridized carbons (Fsp3) is 0.833. The maximum Gasteiger partial charge on any atom is 0.233 e. The van der Waals surface area contributed by atoms with Crippen molar-refractivity contribution in [1.29, 1.82) is 0 Å². The SMILES string of the molecule is NC(=NO)C1(C(=O)NCC2CCOC2)CCCC1. The van der Waals surface area contributed by atoms with Crippen LogP contribution in [0.4, 0.5) is 0 Å². The van der Waals surface area contributed by atoms with Crippen LogP contribution in [0.3, 0.4) is 0 Å². The summed E-state index contributed by atoms with van der Waals surface area (Å²) in [4.78, 5) is 12.3. The largest absolute Gasteiger partial charge is 0.409 e. The van der Waals surface area contributed by atoms with Gasteiger partial charge in [-0.15, -0.1) is 0 Å². The first-order valence-electron chi connectivity index (χ1n) is 6.53. The molecule has 1 heterocycles. The van der Waals surface area contributed by atoms with Gasteiger partial charge in [0.15, 0.2) is 5.84 Å². The molecule has 0 aromatic heterocycles. The van der Waals surface area contributed by atoms with Crippen LogP contribution in [-0.2, 0) is 9.53 Å². The average Bonchev–Trinajstić information content (AvgIpc) is 3.06. The minimum absolute atomic E-state index is 0.0418. The summed E-state index contributed by atoms with van der Waals surface area (Å²) in [5.74, 6) is 0.321. The third-order valence-electron chi connectivity index (χ3n) is 4.07. The number of amidine groups is 1. The number of amides is 1. The highest BCUT2D eigenvalue weighted by atomic mass is 16.5. The van der Waals surface area contributed by atoms with Crippen molar-refractivity contribution in [3.05, 3.63) is 0 Å². The Hall–Kier alpha value is -1.30. The number of nitrogens with zero attached hydrogens (tertiary/aromatic N) is 1. The second kappa shape index (κ2) is 5.56. The van der Waals surface area contributed by atoms with Gasteiger partial charge in [0.1, 0.15) is 5.41 Å². The van der Waals surface area contributed by atoms with E-state index in [-0.39, 0.29) is 11.7 Å². The molecule has 1 aliphatic carbocycles. The number of oxime groups is 1. The lowest BCUT2D eigenvalue weighted by Crippen LogP contribution is -2.49. The molecule has 1 saturated carbocycles. The maximum absolute atomic E-state index is 12.3. The molecule has 1 saturated heterocycles. The second-order valence-corrected chi connectivity index (χ2v) is 5.21. The van der Waals surface area contributed by atoms with Gasteiger partial charge < -0.3 is 21.0 Å². The van der Waals surface area contributed by atoms with Crippen molar-refractivity contribution >= 4 is 11.7 Å². The van der Waals surface area contributed by atoms with Crippen molar-refractivity contribution in [1.82, 2.24) is 5.32 Å². The van der Waals surface area contributed by atoms with Gasteiger partial charge in [-0.2, -0.15) is 0 Å². The molecule has 18 heavy (non-hydrogen) atoms. The van der Waals surface area contributed by atoms with E-state index in [0.29, 0.717) is 31.9 Å². The van der Waals surface area contributed by atoms with Crippen LogP contribution in [0.1, 0.15) is 32.1 Å². The minimum Gasteiger partial charge on any atom is -0.409 e. The molecule has 6 heteroatoms. The molecule has 1 atom stereocenters. The Kier molecular flexibility index (Phi) is 4.06. The molecule has 2 fully saturated rings. The highest BCUT2D eigenvalue weighted by Crippen LogP contribution is 2.38. The Morgan fingerprint density at radius 2 is 2.22 bits per heavy atom. The molecule has 1 aliphatic heterocycles. The maximum atomic E-state index is 12.3. The van der Waals surface area contributed by atoms with Crippen LogP contribution in [0, 0.1) is 11.3 Å². The third-order valence-corrected chi connectivity index (χ3v) is 4.07. The fourth-order valence-electron chi connectivity index (χ4n) is 2.82. The normalized spacial score (nSPS) is 27.3. The molecule has 0 aromatic rings. The van der Waals surface area contributed by atoms with Crippen LogP contribution >= 0.6 is 0 Å². The Morgan fingerprint density at radius 3 is 2.78 bits per heavy atom. The summed E-state index contributed by atoms with van der Waals surface area (Å²) in [5.41, 5.74) is 4.91. The van der Waals surface area contributed by atoms with Crippen LogP contribution in [0.25, 0.3) is 0 Å². The topological polar surface area (TPSA) is 96.9 Å². The van der Waals surface area contributed by atoms with Crippen molar-refractivity contribution < 1.29 is 14.7 Å². The Morgan fingerprint density at radius 1 is 1.50 bits per heavy atom. The number of rotatable bonds is 4. The predicted octanol–water partition coefficient (Wildman–Crippen LogP) is 0.446. The average molecular weight is 255 g/mol. The van der Waals surface area contributed by atoms with Gasteiger partial charge in [0.2, 0.25) is 5.91 Å². The standard InChI is InChI=1S/C12H21N3O3/c13-10(15-17)12(4-1-2-5-12)11(16)14-7-9-3-6-18-8-9/h9,17H,1-8H2,(H2,13,15)(H,14,16). The molecule has 0 bridgehead atoms. The summed E-state index contributed by atoms with van der Waals surface area (Å²) in [6, 6.07) is 0. The molecule has 6 nitrogen and oxygen atoms in total. The number of nitrogens with one attached hydrogen (secondary N) is 1. The quantitative estimate of drug-likeness (QED) is 0.294. The predicted molar refractivity (Wildman–Crippen MR) is 66.2 cm³/mol. The highest BCUT2D eigenvalue weighted by Gasteiger charge is 2.45. The molecule has 0 radical (unpaired) electrons. The zero-order valence-electron chi connectivity index (χ0n) is 10.5. The van der Waals surface area contributed by atoms with E-state index in [4.69, 9.17) is 15.7 Å². The number of hydrogen-bond acceptors (Lipinski definition) is 4. The molecular formula is C12H21N3O3. The van der Waals surface area contributed by atoms with Crippen molar-refractivity contribution in [2.45, 2.75) is 32.1 Å². The van der Waals surface area contributed by atoms with Gasteiger partial charge in [-0.25, -0.2) is 0 Å². The van der Waals surface area contributed by atoms with E-state index in [1.165, 1.54) is 0 Å². The molecule has 2 rings (SSSR count). The highest BCUT2D eigenvalue weighted by molar-refractivity contribution is 6.07. The van der Waals surface area contributed by atoms with E-state index in [2.05, 4.69) is 10.5 Å². The zero-order valence-corrected chi connectivity index (χ0v) is 10.5. The molecule has 4 N–H and O–H groups in total. The lowest BCUT2D eigenvalue weighted by molar-refractivity contribution is -0.127. The van der Waals surface area contributed by atoms with Gasteiger partial charge in [-0.3, -0.25) is 4.79 Å². The zero-order chi connectivity index (χ0) is 13.0. The van der Waals surface area contributed by atoms with Crippen LogP contribution in [0.2, 0.25) is 0 Å². The molecule has 1 amide bonds. The van der Waals surface area contributed by atoms with E-state index in [9.17, 15) is 4.79 Å². The van der Waals surface area contributed by atoms with Crippen molar-refractivity contribution in [2.24, 2.45) is 22.2 Å². The summed E-state index contributed by atoms with van der Waals surface area (Å²) >= 11 is 0. The molecule has 2 aliphatic rings. The molecule has 102 valence electrons. The van der Waals surface area contributed by atoms with Gasteiger partial charge in [-0.05, 0) is 19.3 Å². The third kappa shape index (κ3) is 2.43. The lowest BCUT2D eigenvalue weighted by Gasteiger charge is -2.26. The number of hydrogen-bond donors (Lipinski definition) is 3. The number of ether oxygens (including phenoxy) is 1. The van der Waals surface area contributed by atoms with Crippen molar-refractivity contribution in [3.63, 3.8) is 0 Å². The van der Waals surface area contributed by atoms with E-state index in [1.54, 1.807) is 0 Å². The first kappa shape index (κ1) is 13.1. The van der Waals surface area contributed by atoms with Gasteiger partial charge in [0, 0.05) is 19.1 Å². The number of carbonyl (C=O) groups is 1. The summed E-state index contributed by atoms with van der Waals surface area (Å²) in [7, 11) is 0.